The number of aromatic nitrogens is 6. The molecule has 0 radical (unpaired) electrons. The van der Waals surface area contributed by atoms with Crippen LogP contribution in [0.15, 0.2) is 70.5 Å². The highest BCUT2D eigenvalue weighted by Gasteiger charge is 2.13. The fourth-order valence-electron chi connectivity index (χ4n) is 2.62. The summed E-state index contributed by atoms with van der Waals surface area (Å²) in [4.78, 5) is 44.4. The highest BCUT2D eigenvalue weighted by Crippen LogP contribution is 2.12. The van der Waals surface area contributed by atoms with E-state index in [0.29, 0.717) is 17.1 Å². The molecular formula is C19H16N8O4. The Morgan fingerprint density at radius 1 is 1.06 bits per heavy atom. The van der Waals surface area contributed by atoms with Gasteiger partial charge in [0.05, 0.1) is 24.7 Å². The molecule has 3 aromatic heterocycles. The summed E-state index contributed by atoms with van der Waals surface area (Å²) >= 11 is 0. The van der Waals surface area contributed by atoms with Crippen LogP contribution in [0.3, 0.4) is 0 Å². The van der Waals surface area contributed by atoms with Gasteiger partial charge in [0.1, 0.15) is 18.0 Å². The number of carbonyl (C=O) groups is 2. The second-order valence-corrected chi connectivity index (χ2v) is 6.28. The molecule has 0 aliphatic heterocycles. The first-order valence-electron chi connectivity index (χ1n) is 9.10. The van der Waals surface area contributed by atoms with Crippen molar-refractivity contribution < 1.29 is 14.0 Å². The number of carbonyl (C=O) groups excluding carboxylic acids is 2. The van der Waals surface area contributed by atoms with Gasteiger partial charge in [0.2, 0.25) is 5.91 Å². The number of amides is 2. The van der Waals surface area contributed by atoms with E-state index in [4.69, 9.17) is 4.42 Å². The third-order valence-corrected chi connectivity index (χ3v) is 4.14. The van der Waals surface area contributed by atoms with Crippen LogP contribution in [0.4, 0.5) is 5.69 Å². The van der Waals surface area contributed by atoms with Crippen LogP contribution in [-0.2, 0) is 17.9 Å². The quantitative estimate of drug-likeness (QED) is 0.436. The van der Waals surface area contributed by atoms with Gasteiger partial charge >= 0.3 is 5.69 Å². The lowest BCUT2D eigenvalue weighted by Gasteiger charge is -2.05. The maximum atomic E-state index is 12.5. The van der Waals surface area contributed by atoms with Gasteiger partial charge in [0, 0.05) is 18.1 Å². The topological polar surface area (TPSA) is 150 Å². The van der Waals surface area contributed by atoms with Gasteiger partial charge in [0.25, 0.3) is 5.91 Å². The maximum Gasteiger partial charge on any atom is 0.368 e. The monoisotopic (exact) mass is 420 g/mol. The minimum absolute atomic E-state index is 0.177. The Kier molecular flexibility index (Phi) is 5.60. The van der Waals surface area contributed by atoms with Gasteiger partial charge < -0.3 is 15.1 Å². The second-order valence-electron chi connectivity index (χ2n) is 6.28. The average Bonchev–Trinajstić information content (AvgIpc) is 3.44. The molecule has 4 rings (SSSR count). The number of hydrogen-bond donors (Lipinski definition) is 2. The van der Waals surface area contributed by atoms with E-state index < -0.39 is 17.5 Å². The van der Waals surface area contributed by atoms with Crippen molar-refractivity contribution in [3.63, 3.8) is 0 Å². The summed E-state index contributed by atoms with van der Waals surface area (Å²) in [6.07, 6.45) is 5.75. The van der Waals surface area contributed by atoms with E-state index in [-0.39, 0.29) is 18.8 Å². The first-order chi connectivity index (χ1) is 15.1. The molecule has 0 saturated carbocycles. The van der Waals surface area contributed by atoms with E-state index in [9.17, 15) is 14.4 Å². The van der Waals surface area contributed by atoms with Crippen LogP contribution in [0, 0.1) is 0 Å². The van der Waals surface area contributed by atoms with Crippen molar-refractivity contribution >= 4 is 17.5 Å². The molecule has 2 N–H and O–H groups in total. The maximum absolute atomic E-state index is 12.5. The van der Waals surface area contributed by atoms with Gasteiger partial charge in [-0.25, -0.2) is 9.78 Å². The Labute approximate surface area is 174 Å². The summed E-state index contributed by atoms with van der Waals surface area (Å²) in [5.74, 6) is -0.229. The molecule has 3 heterocycles. The molecule has 0 saturated heterocycles. The van der Waals surface area contributed by atoms with Crippen molar-refractivity contribution in [2.45, 2.75) is 13.1 Å². The van der Waals surface area contributed by atoms with E-state index in [1.54, 1.807) is 36.4 Å². The molecule has 12 heteroatoms. The summed E-state index contributed by atoms with van der Waals surface area (Å²) < 4.78 is 7.13. The van der Waals surface area contributed by atoms with Crippen LogP contribution < -0.4 is 16.3 Å². The summed E-state index contributed by atoms with van der Waals surface area (Å²) in [6, 6.07) is 9.82. The number of furan rings is 1. The average molecular weight is 420 g/mol. The van der Waals surface area contributed by atoms with Crippen molar-refractivity contribution in [2.24, 2.45) is 0 Å². The normalized spacial score (nSPS) is 10.6. The van der Waals surface area contributed by atoms with E-state index in [2.05, 4.69) is 31.0 Å². The fraction of sp³-hybridized carbons (Fsp3) is 0.105. The number of anilines is 1. The fourth-order valence-corrected chi connectivity index (χ4v) is 2.62. The van der Waals surface area contributed by atoms with Crippen LogP contribution in [0.1, 0.15) is 16.2 Å². The largest absolute Gasteiger partial charge is 0.467 e. The molecule has 0 aliphatic carbocycles. The van der Waals surface area contributed by atoms with E-state index >= 15 is 0 Å². The molecule has 4 aromatic rings. The molecule has 0 fully saturated rings. The molecule has 0 unspecified atom stereocenters. The lowest BCUT2D eigenvalue weighted by atomic mass is 10.2. The molecular weight excluding hydrogens is 404 g/mol. The molecule has 2 amide bonds. The smallest absolute Gasteiger partial charge is 0.368 e. The van der Waals surface area contributed by atoms with Gasteiger partial charge in [-0.2, -0.15) is 9.36 Å². The zero-order valence-electron chi connectivity index (χ0n) is 16.0. The first kappa shape index (κ1) is 19.7. The van der Waals surface area contributed by atoms with Crippen LogP contribution in [0.2, 0.25) is 0 Å². The summed E-state index contributed by atoms with van der Waals surface area (Å²) in [5.41, 5.74) is 0.516. The number of nitrogens with zero attached hydrogens (tertiary/aromatic N) is 6. The van der Waals surface area contributed by atoms with E-state index in [1.807, 2.05) is 0 Å². The van der Waals surface area contributed by atoms with E-state index in [1.165, 1.54) is 24.9 Å². The van der Waals surface area contributed by atoms with Crippen LogP contribution in [-0.4, -0.2) is 41.6 Å². The van der Waals surface area contributed by atoms with Gasteiger partial charge in [-0.15, -0.1) is 0 Å². The zero-order valence-corrected chi connectivity index (χ0v) is 16.0. The van der Waals surface area contributed by atoms with E-state index in [0.717, 1.165) is 9.36 Å². The zero-order chi connectivity index (χ0) is 21.6. The van der Waals surface area contributed by atoms with Gasteiger partial charge in [0.15, 0.2) is 0 Å². The van der Waals surface area contributed by atoms with Gasteiger partial charge in [-0.3, -0.25) is 14.6 Å². The Bertz CT molecular complexity index is 1230. The van der Waals surface area contributed by atoms with Crippen molar-refractivity contribution in [1.29, 1.82) is 0 Å². The molecule has 12 nitrogen and oxygen atoms in total. The van der Waals surface area contributed by atoms with Crippen molar-refractivity contribution in [1.82, 2.24) is 35.1 Å². The summed E-state index contributed by atoms with van der Waals surface area (Å²) in [7, 11) is 0. The number of rotatable bonds is 7. The van der Waals surface area contributed by atoms with Crippen LogP contribution in [0.25, 0.3) is 5.69 Å². The first-order valence-corrected chi connectivity index (χ1v) is 9.10. The predicted octanol–water partition coefficient (Wildman–Crippen LogP) is 0.381. The van der Waals surface area contributed by atoms with Gasteiger partial charge in [-0.05, 0) is 46.8 Å². The third-order valence-electron chi connectivity index (χ3n) is 4.14. The van der Waals surface area contributed by atoms with Crippen LogP contribution >= 0.6 is 0 Å². The summed E-state index contributed by atoms with van der Waals surface area (Å²) in [6.45, 7) is -0.0811. The highest BCUT2D eigenvalue weighted by molar-refractivity contribution is 6.02. The number of hydrogen-bond acceptors (Lipinski definition) is 8. The Hall–Kier alpha value is -4.61. The van der Waals surface area contributed by atoms with Crippen molar-refractivity contribution in [3.05, 3.63) is 83.2 Å². The van der Waals surface area contributed by atoms with Gasteiger partial charge in [-0.1, -0.05) is 0 Å². The highest BCUT2D eigenvalue weighted by atomic mass is 16.3. The SMILES string of the molecule is O=C(Cn1nnn(-c2ccc(NC(=O)c3cnccn3)cc2)c1=O)NCc1ccco1. The molecule has 31 heavy (non-hydrogen) atoms. The Morgan fingerprint density at radius 3 is 2.61 bits per heavy atom. The molecule has 0 bridgehead atoms. The second kappa shape index (κ2) is 8.82. The molecule has 1 aromatic carbocycles. The lowest BCUT2D eigenvalue weighted by Crippen LogP contribution is -2.33. The van der Waals surface area contributed by atoms with Crippen LogP contribution in [0.5, 0.6) is 0 Å². The number of tetrazole rings is 1. The molecule has 156 valence electrons. The Balaban J connectivity index is 1.39. The summed E-state index contributed by atoms with van der Waals surface area (Å²) in [5, 5.41) is 12.8. The number of nitrogens with one attached hydrogen (secondary N) is 2. The van der Waals surface area contributed by atoms with Crippen molar-refractivity contribution in [2.75, 3.05) is 5.32 Å². The Morgan fingerprint density at radius 2 is 1.90 bits per heavy atom. The standard InChI is InChI=1S/C19H16N8O4/c28-17(22-10-15-2-1-9-31-15)12-26-19(30)27(25-24-26)14-5-3-13(4-6-14)23-18(29)16-11-20-7-8-21-16/h1-9,11H,10,12H2,(H,22,28)(H,23,29). The minimum atomic E-state index is -0.579. The van der Waals surface area contributed by atoms with Crippen molar-refractivity contribution in [3.8, 4) is 5.69 Å². The third kappa shape index (κ3) is 4.70. The minimum Gasteiger partial charge on any atom is -0.467 e. The molecule has 0 spiro atoms. The number of benzene rings is 1. The lowest BCUT2D eigenvalue weighted by molar-refractivity contribution is -0.122. The molecule has 0 atom stereocenters. The predicted molar refractivity (Wildman–Crippen MR) is 106 cm³/mol. The molecule has 0 aliphatic rings.